The first-order valence-electron chi connectivity index (χ1n) is 9.50. The summed E-state index contributed by atoms with van der Waals surface area (Å²) in [5.41, 5.74) is 4.11. The minimum Gasteiger partial charge on any atom is -0.477 e. The number of nitrogens with zero attached hydrogens (tertiary/aromatic N) is 4. The molecule has 3 heterocycles. The Morgan fingerprint density at radius 3 is 2.75 bits per heavy atom. The highest BCUT2D eigenvalue weighted by molar-refractivity contribution is 5.78. The summed E-state index contributed by atoms with van der Waals surface area (Å²) in [6, 6.07) is 16.4. The zero-order valence-corrected chi connectivity index (χ0v) is 15.6. The molecule has 138 valence electrons. The van der Waals surface area contributed by atoms with Crippen LogP contribution in [0.15, 0.2) is 67.1 Å². The van der Waals surface area contributed by atoms with E-state index in [4.69, 9.17) is 9.72 Å². The largest absolute Gasteiger partial charge is 0.477 e. The Balaban J connectivity index is 1.32. The van der Waals surface area contributed by atoms with Crippen LogP contribution in [0.5, 0.6) is 5.88 Å². The van der Waals surface area contributed by atoms with E-state index < -0.39 is 0 Å². The van der Waals surface area contributed by atoms with Gasteiger partial charge in [-0.05, 0) is 43.2 Å². The van der Waals surface area contributed by atoms with E-state index in [1.165, 1.54) is 5.39 Å². The molecule has 3 aromatic heterocycles. The molecule has 0 amide bonds. The molecule has 0 aliphatic heterocycles. The molecule has 1 aliphatic rings. The SMILES string of the molecule is Cc1ncc(-c2ccncc2)c(OCC2CC2c2ccc3ccccc3n2)n1. The number of fused-ring (bicyclic) bond motifs is 1. The Bertz CT molecular complexity index is 1130. The molecule has 0 spiro atoms. The summed E-state index contributed by atoms with van der Waals surface area (Å²) < 4.78 is 6.14. The highest BCUT2D eigenvalue weighted by Gasteiger charge is 2.40. The third-order valence-corrected chi connectivity index (χ3v) is 5.22. The number of pyridine rings is 2. The predicted molar refractivity (Wildman–Crippen MR) is 108 cm³/mol. The Morgan fingerprint density at radius 1 is 1.00 bits per heavy atom. The molecular weight excluding hydrogens is 348 g/mol. The average Bonchev–Trinajstić information content (AvgIpc) is 3.52. The standard InChI is InChI=1S/C23H20N4O/c1-15-25-13-20(16-8-10-24-11-9-16)23(26-15)28-14-18-12-19(18)22-7-6-17-4-2-3-5-21(17)27-22/h2-11,13,18-19H,12,14H2,1H3. The lowest BCUT2D eigenvalue weighted by atomic mass is 10.1. The van der Waals surface area contributed by atoms with Gasteiger partial charge < -0.3 is 4.74 Å². The van der Waals surface area contributed by atoms with Crippen LogP contribution in [0.1, 0.15) is 23.9 Å². The molecular formula is C23H20N4O. The van der Waals surface area contributed by atoms with Crippen LogP contribution in [0.4, 0.5) is 0 Å². The maximum Gasteiger partial charge on any atom is 0.224 e. The third kappa shape index (κ3) is 3.31. The van der Waals surface area contributed by atoms with Crippen LogP contribution in [-0.2, 0) is 0 Å². The molecule has 2 atom stereocenters. The van der Waals surface area contributed by atoms with Gasteiger partial charge in [0, 0.05) is 41.5 Å². The third-order valence-electron chi connectivity index (χ3n) is 5.22. The van der Waals surface area contributed by atoms with Gasteiger partial charge in [0.15, 0.2) is 0 Å². The monoisotopic (exact) mass is 368 g/mol. The van der Waals surface area contributed by atoms with Gasteiger partial charge in [-0.1, -0.05) is 24.3 Å². The summed E-state index contributed by atoms with van der Waals surface area (Å²) in [7, 11) is 0. The van der Waals surface area contributed by atoms with Crippen LogP contribution in [-0.4, -0.2) is 26.5 Å². The second-order valence-corrected chi connectivity index (χ2v) is 7.21. The maximum absolute atomic E-state index is 6.14. The summed E-state index contributed by atoms with van der Waals surface area (Å²) in [5, 5.41) is 1.18. The predicted octanol–water partition coefficient (Wildman–Crippen LogP) is 4.58. The number of hydrogen-bond acceptors (Lipinski definition) is 5. The van der Waals surface area contributed by atoms with E-state index in [0.29, 0.717) is 30.1 Å². The molecule has 4 aromatic rings. The Kier molecular flexibility index (Phi) is 4.20. The fourth-order valence-corrected chi connectivity index (χ4v) is 3.56. The van der Waals surface area contributed by atoms with Crippen molar-refractivity contribution in [1.82, 2.24) is 19.9 Å². The molecule has 5 heteroatoms. The summed E-state index contributed by atoms with van der Waals surface area (Å²) in [6.45, 7) is 2.51. The van der Waals surface area contributed by atoms with Crippen molar-refractivity contribution in [3.63, 3.8) is 0 Å². The summed E-state index contributed by atoms with van der Waals surface area (Å²) in [5.74, 6) is 2.26. The van der Waals surface area contributed by atoms with E-state index in [0.717, 1.165) is 28.8 Å². The van der Waals surface area contributed by atoms with E-state index in [1.54, 1.807) is 12.4 Å². The van der Waals surface area contributed by atoms with Crippen molar-refractivity contribution in [3.05, 3.63) is 78.6 Å². The van der Waals surface area contributed by atoms with Crippen LogP contribution in [0.3, 0.4) is 0 Å². The van der Waals surface area contributed by atoms with Gasteiger partial charge >= 0.3 is 0 Å². The van der Waals surface area contributed by atoms with E-state index in [1.807, 2.05) is 37.4 Å². The van der Waals surface area contributed by atoms with Crippen molar-refractivity contribution in [2.24, 2.45) is 5.92 Å². The van der Waals surface area contributed by atoms with Gasteiger partial charge in [-0.25, -0.2) is 4.98 Å². The summed E-state index contributed by atoms with van der Waals surface area (Å²) in [4.78, 5) is 17.8. The number of aromatic nitrogens is 4. The van der Waals surface area contributed by atoms with E-state index in [2.05, 4.69) is 39.2 Å². The van der Waals surface area contributed by atoms with Crippen LogP contribution in [0, 0.1) is 12.8 Å². The molecule has 0 saturated heterocycles. The second kappa shape index (κ2) is 7.00. The number of hydrogen-bond donors (Lipinski definition) is 0. The van der Waals surface area contributed by atoms with Crippen molar-refractivity contribution in [2.75, 3.05) is 6.61 Å². The van der Waals surface area contributed by atoms with Crippen LogP contribution < -0.4 is 4.74 Å². The molecule has 1 fully saturated rings. The molecule has 1 aromatic carbocycles. The van der Waals surface area contributed by atoms with Gasteiger partial charge in [0.2, 0.25) is 5.88 Å². The molecule has 0 radical (unpaired) electrons. The number of aryl methyl sites for hydroxylation is 1. The van der Waals surface area contributed by atoms with Gasteiger partial charge in [-0.2, -0.15) is 4.98 Å². The van der Waals surface area contributed by atoms with Gasteiger partial charge in [-0.3, -0.25) is 9.97 Å². The minimum atomic E-state index is 0.455. The van der Waals surface area contributed by atoms with E-state index >= 15 is 0 Å². The van der Waals surface area contributed by atoms with Gasteiger partial charge in [0.1, 0.15) is 5.82 Å². The molecule has 0 N–H and O–H groups in total. The van der Waals surface area contributed by atoms with Crippen LogP contribution in [0.25, 0.3) is 22.0 Å². The average molecular weight is 368 g/mol. The lowest BCUT2D eigenvalue weighted by Gasteiger charge is -2.11. The lowest BCUT2D eigenvalue weighted by Crippen LogP contribution is -2.05. The Hall–Kier alpha value is -3.34. The van der Waals surface area contributed by atoms with E-state index in [9.17, 15) is 0 Å². The zero-order valence-electron chi connectivity index (χ0n) is 15.6. The second-order valence-electron chi connectivity index (χ2n) is 7.21. The lowest BCUT2D eigenvalue weighted by molar-refractivity contribution is 0.285. The molecule has 1 aliphatic carbocycles. The maximum atomic E-state index is 6.14. The minimum absolute atomic E-state index is 0.455. The van der Waals surface area contributed by atoms with Crippen molar-refractivity contribution in [3.8, 4) is 17.0 Å². The highest BCUT2D eigenvalue weighted by Crippen LogP contribution is 2.47. The first kappa shape index (κ1) is 16.8. The zero-order chi connectivity index (χ0) is 18.9. The molecule has 5 rings (SSSR count). The number of ether oxygens (including phenoxy) is 1. The highest BCUT2D eigenvalue weighted by atomic mass is 16.5. The van der Waals surface area contributed by atoms with Crippen molar-refractivity contribution in [1.29, 1.82) is 0 Å². The van der Waals surface area contributed by atoms with Crippen LogP contribution >= 0.6 is 0 Å². The smallest absolute Gasteiger partial charge is 0.224 e. The fraction of sp³-hybridized carbons (Fsp3) is 0.217. The van der Waals surface area contributed by atoms with Crippen molar-refractivity contribution >= 4 is 10.9 Å². The van der Waals surface area contributed by atoms with Gasteiger partial charge in [-0.15, -0.1) is 0 Å². The Labute approximate surface area is 163 Å². The van der Waals surface area contributed by atoms with E-state index in [-0.39, 0.29) is 0 Å². The molecule has 28 heavy (non-hydrogen) atoms. The summed E-state index contributed by atoms with van der Waals surface area (Å²) in [6.07, 6.45) is 6.45. The van der Waals surface area contributed by atoms with Gasteiger partial charge in [0.05, 0.1) is 17.7 Å². The number of rotatable bonds is 5. The molecule has 0 bridgehead atoms. The quantitative estimate of drug-likeness (QED) is 0.516. The van der Waals surface area contributed by atoms with Gasteiger partial charge in [0.25, 0.3) is 0 Å². The molecule has 5 nitrogen and oxygen atoms in total. The number of para-hydroxylation sites is 1. The van der Waals surface area contributed by atoms with Crippen molar-refractivity contribution < 1.29 is 4.74 Å². The van der Waals surface area contributed by atoms with Crippen LogP contribution in [0.2, 0.25) is 0 Å². The number of benzene rings is 1. The normalized spacial score (nSPS) is 18.2. The fourth-order valence-electron chi connectivity index (χ4n) is 3.56. The first-order valence-corrected chi connectivity index (χ1v) is 9.50. The molecule has 1 saturated carbocycles. The topological polar surface area (TPSA) is 60.8 Å². The molecule has 2 unspecified atom stereocenters. The first-order chi connectivity index (χ1) is 13.8. The van der Waals surface area contributed by atoms with Crippen molar-refractivity contribution in [2.45, 2.75) is 19.3 Å². The Morgan fingerprint density at radius 2 is 1.86 bits per heavy atom. The summed E-state index contributed by atoms with van der Waals surface area (Å²) >= 11 is 0.